The summed E-state index contributed by atoms with van der Waals surface area (Å²) in [6.45, 7) is 3.17. The SMILES string of the molecule is CCNC1CCCCC1C=N. The van der Waals surface area contributed by atoms with Crippen LogP contribution < -0.4 is 5.32 Å². The maximum atomic E-state index is 7.24. The lowest BCUT2D eigenvalue weighted by atomic mass is 9.85. The molecule has 1 saturated carbocycles. The maximum absolute atomic E-state index is 7.24. The van der Waals surface area contributed by atoms with E-state index in [2.05, 4.69) is 12.2 Å². The van der Waals surface area contributed by atoms with Gasteiger partial charge < -0.3 is 10.7 Å². The minimum atomic E-state index is 0.503. The van der Waals surface area contributed by atoms with Crippen molar-refractivity contribution in [1.82, 2.24) is 5.32 Å². The average molecular weight is 154 g/mol. The Kier molecular flexibility index (Phi) is 3.57. The molecule has 1 aliphatic rings. The highest BCUT2D eigenvalue weighted by molar-refractivity contribution is 5.58. The zero-order valence-corrected chi connectivity index (χ0v) is 7.27. The van der Waals surface area contributed by atoms with E-state index in [1.165, 1.54) is 25.7 Å². The highest BCUT2D eigenvalue weighted by atomic mass is 14.9. The molecule has 0 amide bonds. The van der Waals surface area contributed by atoms with Crippen molar-refractivity contribution in [1.29, 1.82) is 5.41 Å². The Bertz CT molecular complexity index is 121. The summed E-state index contributed by atoms with van der Waals surface area (Å²) in [4.78, 5) is 0. The molecule has 0 bridgehead atoms. The zero-order valence-electron chi connectivity index (χ0n) is 7.27. The quantitative estimate of drug-likeness (QED) is 0.597. The molecule has 11 heavy (non-hydrogen) atoms. The van der Waals surface area contributed by atoms with Crippen LogP contribution in [0.4, 0.5) is 0 Å². The summed E-state index contributed by atoms with van der Waals surface area (Å²) in [6, 6.07) is 0.589. The molecule has 0 aromatic carbocycles. The van der Waals surface area contributed by atoms with Gasteiger partial charge in [-0.25, -0.2) is 0 Å². The van der Waals surface area contributed by atoms with Crippen LogP contribution in [0.1, 0.15) is 32.6 Å². The van der Waals surface area contributed by atoms with Crippen molar-refractivity contribution in [2.75, 3.05) is 6.54 Å². The van der Waals surface area contributed by atoms with Crippen molar-refractivity contribution in [2.24, 2.45) is 5.92 Å². The Labute approximate surface area is 68.9 Å². The molecule has 2 heteroatoms. The van der Waals surface area contributed by atoms with E-state index in [1.807, 2.05) is 0 Å². The molecule has 2 atom stereocenters. The number of rotatable bonds is 3. The summed E-state index contributed by atoms with van der Waals surface area (Å²) < 4.78 is 0. The van der Waals surface area contributed by atoms with Crippen LogP contribution in [0.2, 0.25) is 0 Å². The van der Waals surface area contributed by atoms with Crippen LogP contribution in [0.15, 0.2) is 0 Å². The van der Waals surface area contributed by atoms with Crippen molar-refractivity contribution in [2.45, 2.75) is 38.6 Å². The van der Waals surface area contributed by atoms with E-state index in [-0.39, 0.29) is 0 Å². The van der Waals surface area contributed by atoms with Gasteiger partial charge >= 0.3 is 0 Å². The number of nitrogens with one attached hydrogen (secondary N) is 2. The molecule has 2 N–H and O–H groups in total. The van der Waals surface area contributed by atoms with Crippen LogP contribution in [0.3, 0.4) is 0 Å². The predicted octanol–water partition coefficient (Wildman–Crippen LogP) is 1.80. The first-order chi connectivity index (χ1) is 5.38. The first-order valence-electron chi connectivity index (χ1n) is 4.62. The second-order valence-corrected chi connectivity index (χ2v) is 3.28. The topological polar surface area (TPSA) is 35.9 Å². The van der Waals surface area contributed by atoms with Crippen LogP contribution in [-0.2, 0) is 0 Å². The van der Waals surface area contributed by atoms with Crippen LogP contribution in [0.25, 0.3) is 0 Å². The van der Waals surface area contributed by atoms with Gasteiger partial charge in [-0.05, 0) is 25.6 Å². The van der Waals surface area contributed by atoms with E-state index < -0.39 is 0 Å². The molecule has 0 spiro atoms. The summed E-state index contributed by atoms with van der Waals surface area (Å²) in [7, 11) is 0. The normalized spacial score (nSPS) is 31.7. The van der Waals surface area contributed by atoms with Crippen molar-refractivity contribution < 1.29 is 0 Å². The Balaban J connectivity index is 2.37. The summed E-state index contributed by atoms with van der Waals surface area (Å²) in [6.07, 6.45) is 6.73. The Hall–Kier alpha value is -0.370. The Morgan fingerprint density at radius 3 is 2.82 bits per heavy atom. The molecule has 2 unspecified atom stereocenters. The molecule has 2 nitrogen and oxygen atoms in total. The highest BCUT2D eigenvalue weighted by Crippen LogP contribution is 2.22. The van der Waals surface area contributed by atoms with E-state index >= 15 is 0 Å². The number of hydrogen-bond acceptors (Lipinski definition) is 2. The summed E-state index contributed by atoms with van der Waals surface area (Å²) in [5.41, 5.74) is 0. The third-order valence-corrected chi connectivity index (χ3v) is 2.50. The van der Waals surface area contributed by atoms with E-state index in [0.29, 0.717) is 12.0 Å². The van der Waals surface area contributed by atoms with Gasteiger partial charge in [0.15, 0.2) is 0 Å². The van der Waals surface area contributed by atoms with Crippen LogP contribution in [-0.4, -0.2) is 18.8 Å². The minimum absolute atomic E-state index is 0.503. The fraction of sp³-hybridized carbons (Fsp3) is 0.889. The Morgan fingerprint density at radius 2 is 2.18 bits per heavy atom. The van der Waals surface area contributed by atoms with Gasteiger partial charge in [-0.15, -0.1) is 0 Å². The first kappa shape index (κ1) is 8.72. The zero-order chi connectivity index (χ0) is 8.10. The largest absolute Gasteiger partial charge is 0.314 e. The van der Waals surface area contributed by atoms with Gasteiger partial charge in [0, 0.05) is 12.0 Å². The van der Waals surface area contributed by atoms with Gasteiger partial charge in [0.2, 0.25) is 0 Å². The maximum Gasteiger partial charge on any atom is 0.0144 e. The average Bonchev–Trinajstić information content (AvgIpc) is 2.06. The molecular weight excluding hydrogens is 136 g/mol. The molecule has 64 valence electrons. The lowest BCUT2D eigenvalue weighted by Gasteiger charge is -2.28. The van der Waals surface area contributed by atoms with E-state index in [0.717, 1.165) is 6.54 Å². The molecule has 0 aromatic rings. The molecule has 0 heterocycles. The minimum Gasteiger partial charge on any atom is -0.314 e. The van der Waals surface area contributed by atoms with E-state index in [4.69, 9.17) is 5.41 Å². The fourth-order valence-electron chi connectivity index (χ4n) is 1.87. The third kappa shape index (κ3) is 2.29. The van der Waals surface area contributed by atoms with Gasteiger partial charge in [-0.3, -0.25) is 0 Å². The van der Waals surface area contributed by atoms with Gasteiger partial charge in [-0.1, -0.05) is 19.8 Å². The van der Waals surface area contributed by atoms with Crippen molar-refractivity contribution in [3.05, 3.63) is 0 Å². The molecule has 0 saturated heterocycles. The highest BCUT2D eigenvalue weighted by Gasteiger charge is 2.21. The van der Waals surface area contributed by atoms with Crippen molar-refractivity contribution >= 4 is 6.21 Å². The van der Waals surface area contributed by atoms with Gasteiger partial charge in [0.25, 0.3) is 0 Å². The number of hydrogen-bond donors (Lipinski definition) is 2. The lowest BCUT2D eigenvalue weighted by Crippen LogP contribution is -2.38. The molecule has 0 aliphatic heterocycles. The van der Waals surface area contributed by atoms with E-state index in [1.54, 1.807) is 6.21 Å². The van der Waals surface area contributed by atoms with Crippen LogP contribution in [0.5, 0.6) is 0 Å². The standard InChI is InChI=1S/C9H18N2/c1-2-11-9-6-4-3-5-8(9)7-10/h7-11H,2-6H2,1H3. The summed E-state index contributed by atoms with van der Waals surface area (Å²) in [5.74, 6) is 0.503. The Morgan fingerprint density at radius 1 is 1.45 bits per heavy atom. The van der Waals surface area contributed by atoms with Crippen LogP contribution >= 0.6 is 0 Å². The van der Waals surface area contributed by atoms with E-state index in [9.17, 15) is 0 Å². The smallest absolute Gasteiger partial charge is 0.0144 e. The van der Waals surface area contributed by atoms with Gasteiger partial charge in [0.1, 0.15) is 0 Å². The van der Waals surface area contributed by atoms with Crippen LogP contribution in [0, 0.1) is 11.3 Å². The predicted molar refractivity (Wildman–Crippen MR) is 48.2 cm³/mol. The fourth-order valence-corrected chi connectivity index (χ4v) is 1.87. The second-order valence-electron chi connectivity index (χ2n) is 3.28. The van der Waals surface area contributed by atoms with Gasteiger partial charge in [0.05, 0.1) is 0 Å². The first-order valence-corrected chi connectivity index (χ1v) is 4.62. The second kappa shape index (κ2) is 4.50. The lowest BCUT2D eigenvalue weighted by molar-refractivity contribution is 0.331. The summed E-state index contributed by atoms with van der Waals surface area (Å²) in [5, 5.41) is 10.7. The monoisotopic (exact) mass is 154 g/mol. The van der Waals surface area contributed by atoms with Crippen molar-refractivity contribution in [3.8, 4) is 0 Å². The van der Waals surface area contributed by atoms with Crippen molar-refractivity contribution in [3.63, 3.8) is 0 Å². The molecule has 1 aliphatic carbocycles. The molecule has 1 fully saturated rings. The molecular formula is C9H18N2. The van der Waals surface area contributed by atoms with Gasteiger partial charge in [-0.2, -0.15) is 0 Å². The molecule has 0 aromatic heterocycles. The summed E-state index contributed by atoms with van der Waals surface area (Å²) >= 11 is 0. The third-order valence-electron chi connectivity index (χ3n) is 2.50. The molecule has 1 rings (SSSR count). The molecule has 0 radical (unpaired) electrons.